The predicted molar refractivity (Wildman–Crippen MR) is 196 cm³/mol. The summed E-state index contributed by atoms with van der Waals surface area (Å²) in [7, 11) is -4.71. The second kappa shape index (κ2) is 12.6. The fourth-order valence-electron chi connectivity index (χ4n) is 4.33. The third-order valence-corrected chi connectivity index (χ3v) is 11.5. The lowest BCUT2D eigenvalue weighted by Gasteiger charge is -2.17. The topological polar surface area (TPSA) is 110 Å². The maximum Gasteiger partial charge on any atom is 0.344 e. The van der Waals surface area contributed by atoms with Crippen LogP contribution in [-0.4, -0.2) is 24.9 Å². The molecule has 0 bridgehead atoms. The van der Waals surface area contributed by atoms with Gasteiger partial charge in [0.2, 0.25) is 0 Å². The van der Waals surface area contributed by atoms with Crippen LogP contribution in [0.5, 0.6) is 11.5 Å². The summed E-state index contributed by atoms with van der Waals surface area (Å²) in [4.78, 5) is 27.1. The minimum Gasteiger partial charge on any atom is -0.744 e. The molecule has 0 saturated heterocycles. The van der Waals surface area contributed by atoms with Crippen LogP contribution in [0.2, 0.25) is 0 Å². The highest BCUT2D eigenvalue weighted by Gasteiger charge is 2.26. The Hall–Kier alpha value is -0.880. The summed E-state index contributed by atoms with van der Waals surface area (Å²) in [6.07, 6.45) is 0. The van der Waals surface area contributed by atoms with E-state index in [1.807, 2.05) is 12.1 Å². The van der Waals surface area contributed by atoms with Crippen molar-refractivity contribution < 1.29 is 32.0 Å². The Morgan fingerprint density at radius 3 is 1.39 bits per heavy atom. The number of hydrogen-bond acceptors (Lipinski definition) is 7. The fraction of sp³-hybridized carbons (Fsp3) is 0. The lowest BCUT2D eigenvalue weighted by Crippen LogP contribution is -2.15. The SMILES string of the molecule is O=C(Oc1cc(I)c(S(=O)(=O)[O-])c(I)c1)c1c2ccccc2c(C(=O)Oc2c(I)cc(I)cc2I)c2ccccc12. The van der Waals surface area contributed by atoms with Crippen molar-refractivity contribution in [3.8, 4) is 11.5 Å². The van der Waals surface area contributed by atoms with E-state index in [1.54, 1.807) is 93.7 Å². The predicted octanol–water partition coefficient (Wildman–Crippen LogP) is 8.36. The summed E-state index contributed by atoms with van der Waals surface area (Å²) < 4.78 is 49.5. The molecule has 0 fully saturated rings. The largest absolute Gasteiger partial charge is 0.744 e. The molecule has 0 radical (unpaired) electrons. The Labute approximate surface area is 302 Å². The van der Waals surface area contributed by atoms with Gasteiger partial charge in [0.25, 0.3) is 0 Å². The van der Waals surface area contributed by atoms with Gasteiger partial charge in [0.05, 0.1) is 23.2 Å². The summed E-state index contributed by atoms with van der Waals surface area (Å²) >= 11 is 9.93. The normalized spacial score (nSPS) is 11.6. The van der Waals surface area contributed by atoms with Crippen molar-refractivity contribution in [1.29, 1.82) is 0 Å². The van der Waals surface area contributed by atoms with Crippen LogP contribution in [0, 0.1) is 17.9 Å². The van der Waals surface area contributed by atoms with E-state index in [2.05, 4.69) is 67.8 Å². The molecule has 208 valence electrons. The quantitative estimate of drug-likeness (QED) is 0.0573. The number of halogens is 5. The van der Waals surface area contributed by atoms with Gasteiger partial charge in [-0.2, -0.15) is 0 Å². The molecular weight excluding hydrogens is 1110 g/mol. The number of fused-ring (bicyclic) bond motifs is 2. The number of rotatable bonds is 5. The smallest absolute Gasteiger partial charge is 0.344 e. The molecule has 13 heteroatoms. The first kappa shape index (κ1) is 31.5. The second-order valence-electron chi connectivity index (χ2n) is 8.49. The van der Waals surface area contributed by atoms with E-state index in [1.165, 1.54) is 12.1 Å². The lowest BCUT2D eigenvalue weighted by atomic mass is 9.91. The van der Waals surface area contributed by atoms with Gasteiger partial charge in [-0.3, -0.25) is 0 Å². The summed E-state index contributed by atoms with van der Waals surface area (Å²) in [6.45, 7) is 0. The first-order valence-electron chi connectivity index (χ1n) is 11.3. The van der Waals surface area contributed by atoms with Gasteiger partial charge >= 0.3 is 11.9 Å². The number of carbonyl (C=O) groups is 2. The van der Waals surface area contributed by atoms with Crippen LogP contribution in [0.15, 0.2) is 77.7 Å². The zero-order valence-electron chi connectivity index (χ0n) is 20.1. The third-order valence-electron chi connectivity index (χ3n) is 5.93. The van der Waals surface area contributed by atoms with Crippen LogP contribution < -0.4 is 9.47 Å². The maximum atomic E-state index is 13.8. The highest BCUT2D eigenvalue weighted by Crippen LogP contribution is 2.37. The van der Waals surface area contributed by atoms with Crippen molar-refractivity contribution in [2.24, 2.45) is 0 Å². The van der Waals surface area contributed by atoms with Gasteiger partial charge in [0.15, 0.2) is 5.75 Å². The third kappa shape index (κ3) is 6.49. The van der Waals surface area contributed by atoms with Crippen LogP contribution in [0.4, 0.5) is 0 Å². The van der Waals surface area contributed by atoms with Gasteiger partial charge < -0.3 is 14.0 Å². The minimum atomic E-state index is -4.71. The first-order valence-corrected chi connectivity index (χ1v) is 18.1. The molecule has 5 aromatic rings. The van der Waals surface area contributed by atoms with Crippen molar-refractivity contribution in [3.05, 3.63) is 102 Å². The van der Waals surface area contributed by atoms with Gasteiger partial charge in [-0.05, 0) is 159 Å². The van der Waals surface area contributed by atoms with Gasteiger partial charge in [-0.25, -0.2) is 18.0 Å². The van der Waals surface area contributed by atoms with E-state index in [9.17, 15) is 22.6 Å². The van der Waals surface area contributed by atoms with E-state index in [0.717, 1.165) is 10.7 Å². The van der Waals surface area contributed by atoms with Crippen molar-refractivity contribution in [1.82, 2.24) is 0 Å². The molecule has 0 unspecified atom stereocenters. The number of hydrogen-bond donors (Lipinski definition) is 0. The van der Waals surface area contributed by atoms with E-state index in [0.29, 0.717) is 32.9 Å². The molecule has 0 heterocycles. The Morgan fingerprint density at radius 2 is 1.00 bits per heavy atom. The van der Waals surface area contributed by atoms with E-state index in [4.69, 9.17) is 9.47 Å². The van der Waals surface area contributed by atoms with E-state index in [-0.39, 0.29) is 23.3 Å². The molecule has 0 aliphatic rings. The Morgan fingerprint density at radius 1 is 0.610 bits per heavy atom. The van der Waals surface area contributed by atoms with Crippen molar-refractivity contribution >= 4 is 157 Å². The van der Waals surface area contributed by atoms with Crippen LogP contribution >= 0.6 is 113 Å². The molecule has 0 aliphatic heterocycles. The van der Waals surface area contributed by atoms with Crippen LogP contribution in [0.25, 0.3) is 21.5 Å². The molecule has 0 atom stereocenters. The molecule has 0 amide bonds. The van der Waals surface area contributed by atoms with Gasteiger partial charge in [-0.15, -0.1) is 0 Å². The van der Waals surface area contributed by atoms with Gasteiger partial charge in [-0.1, -0.05) is 48.5 Å². The van der Waals surface area contributed by atoms with Crippen molar-refractivity contribution in [3.63, 3.8) is 0 Å². The van der Waals surface area contributed by atoms with Crippen molar-refractivity contribution in [2.45, 2.75) is 4.90 Å². The second-order valence-corrected chi connectivity index (χ2v) is 15.7. The lowest BCUT2D eigenvalue weighted by molar-refractivity contribution is 0.0724. The van der Waals surface area contributed by atoms with Crippen molar-refractivity contribution in [2.75, 3.05) is 0 Å². The molecule has 41 heavy (non-hydrogen) atoms. The molecule has 0 N–H and O–H groups in total. The zero-order chi connectivity index (χ0) is 29.6. The zero-order valence-corrected chi connectivity index (χ0v) is 31.7. The number of benzene rings is 5. The molecule has 0 aromatic heterocycles. The van der Waals surface area contributed by atoms with Crippen LogP contribution in [0.1, 0.15) is 20.7 Å². The van der Waals surface area contributed by atoms with E-state index < -0.39 is 22.1 Å². The molecule has 0 spiro atoms. The van der Waals surface area contributed by atoms with Gasteiger partial charge in [0.1, 0.15) is 15.9 Å². The molecule has 5 aromatic carbocycles. The fourth-order valence-corrected chi connectivity index (χ4v) is 12.1. The highest BCUT2D eigenvalue weighted by molar-refractivity contribution is 14.1. The number of carbonyl (C=O) groups excluding carboxylic acids is 2. The Balaban J connectivity index is 1.65. The van der Waals surface area contributed by atoms with Gasteiger partial charge in [0, 0.05) is 10.7 Å². The number of ether oxygens (including phenoxy) is 2. The molecule has 5 rings (SSSR count). The standard InChI is InChI=1S/C28H13I5O7S/c29-13-9-19(30)25(20(31)10-13)40-28(35)24-17-7-3-1-5-15(17)23(16-6-2-4-8-18(16)24)27(34)39-14-11-21(32)26(22(33)12-14)41(36,37)38/h1-12H,(H,36,37,38)/p-1. The number of esters is 2. The van der Waals surface area contributed by atoms with Crippen LogP contribution in [-0.2, 0) is 10.1 Å². The summed E-state index contributed by atoms with van der Waals surface area (Å²) in [5, 5.41) is 1.99. The molecule has 0 aliphatic carbocycles. The average Bonchev–Trinajstić information content (AvgIpc) is 2.87. The molecule has 7 nitrogen and oxygen atoms in total. The molecule has 0 saturated carbocycles. The maximum absolute atomic E-state index is 13.8. The Bertz CT molecular complexity index is 1920. The summed E-state index contributed by atoms with van der Waals surface area (Å²) in [5.41, 5.74) is 0.545. The first-order chi connectivity index (χ1) is 19.4. The Kier molecular flexibility index (Phi) is 9.71. The highest BCUT2D eigenvalue weighted by atomic mass is 127. The summed E-state index contributed by atoms with van der Waals surface area (Å²) in [5.74, 6) is -0.729. The summed E-state index contributed by atoms with van der Waals surface area (Å²) in [6, 6.07) is 20.5. The molecular formula is C28H12I5O7S-. The minimum absolute atomic E-state index is 0.0794. The average molecular weight is 1130 g/mol. The van der Waals surface area contributed by atoms with Crippen LogP contribution in [0.3, 0.4) is 0 Å². The van der Waals surface area contributed by atoms with E-state index >= 15 is 0 Å². The monoisotopic (exact) mass is 1130 g/mol.